The molecule has 3 atom stereocenters. The summed E-state index contributed by atoms with van der Waals surface area (Å²) in [4.78, 5) is 4.06. The second kappa shape index (κ2) is 4.08. The Bertz CT molecular complexity index is 321. The fourth-order valence-electron chi connectivity index (χ4n) is 2.29. The Kier molecular flexibility index (Phi) is 2.79. The third kappa shape index (κ3) is 2.22. The highest BCUT2D eigenvalue weighted by molar-refractivity contribution is 5.31. The fraction of sp³-hybridized carbons (Fsp3) is 0.800. The van der Waals surface area contributed by atoms with Crippen LogP contribution in [0.3, 0.4) is 0 Å². The molecule has 5 heteroatoms. The average molecular weight is 209 g/mol. The first-order valence-electron chi connectivity index (χ1n) is 5.61. The van der Waals surface area contributed by atoms with Gasteiger partial charge in [0.1, 0.15) is 0 Å². The van der Waals surface area contributed by atoms with E-state index in [0.29, 0.717) is 23.9 Å². The van der Waals surface area contributed by atoms with Crippen molar-refractivity contribution in [3.63, 3.8) is 0 Å². The number of aromatic nitrogens is 3. The van der Waals surface area contributed by atoms with Crippen LogP contribution in [0.2, 0.25) is 0 Å². The minimum atomic E-state index is 0.369. The van der Waals surface area contributed by atoms with Gasteiger partial charge in [0.15, 0.2) is 0 Å². The molecule has 0 aliphatic heterocycles. The predicted octanol–water partition coefficient (Wildman–Crippen LogP) is 1.62. The number of H-pyrrole nitrogens is 1. The lowest BCUT2D eigenvalue weighted by Gasteiger charge is -2.34. The van der Waals surface area contributed by atoms with Gasteiger partial charge in [-0.15, -0.1) is 5.10 Å². The molecule has 1 fully saturated rings. The minimum Gasteiger partial charge on any atom is -0.368 e. The highest BCUT2D eigenvalue weighted by Gasteiger charge is 2.27. The zero-order chi connectivity index (χ0) is 10.8. The van der Waals surface area contributed by atoms with E-state index in [4.69, 9.17) is 5.73 Å². The van der Waals surface area contributed by atoms with E-state index in [1.54, 1.807) is 0 Å². The number of nitrogens with two attached hydrogens (primary N) is 1. The molecule has 84 valence electrons. The van der Waals surface area contributed by atoms with Crippen LogP contribution in [0.25, 0.3) is 0 Å². The predicted molar refractivity (Wildman–Crippen MR) is 60.4 cm³/mol. The fourth-order valence-corrected chi connectivity index (χ4v) is 2.29. The summed E-state index contributed by atoms with van der Waals surface area (Å²) in [6.07, 6.45) is 3.80. The number of anilines is 2. The van der Waals surface area contributed by atoms with Crippen LogP contribution in [-0.2, 0) is 0 Å². The molecule has 15 heavy (non-hydrogen) atoms. The Morgan fingerprint density at radius 3 is 2.87 bits per heavy atom. The molecule has 4 N–H and O–H groups in total. The van der Waals surface area contributed by atoms with Crippen LogP contribution in [0.15, 0.2) is 0 Å². The molecular weight excluding hydrogens is 190 g/mol. The summed E-state index contributed by atoms with van der Waals surface area (Å²) < 4.78 is 0. The van der Waals surface area contributed by atoms with Gasteiger partial charge in [-0.3, -0.25) is 0 Å². The zero-order valence-electron chi connectivity index (χ0n) is 9.33. The van der Waals surface area contributed by atoms with E-state index in [9.17, 15) is 0 Å². The van der Waals surface area contributed by atoms with Gasteiger partial charge in [-0.05, 0) is 18.3 Å². The van der Waals surface area contributed by atoms with Gasteiger partial charge in [-0.1, -0.05) is 26.7 Å². The summed E-state index contributed by atoms with van der Waals surface area (Å²) in [6.45, 7) is 4.60. The standard InChI is InChI=1S/C10H19N5/c1-6-4-3-5-8(7(6)2)12-10-13-9(11)14-15-10/h6-8H,3-5H2,1-2H3,(H4,11,12,13,14,15). The molecule has 0 aromatic carbocycles. The van der Waals surface area contributed by atoms with Crippen molar-refractivity contribution < 1.29 is 0 Å². The molecule has 1 aliphatic carbocycles. The average Bonchev–Trinajstić information content (AvgIpc) is 2.59. The quantitative estimate of drug-likeness (QED) is 0.691. The first-order chi connectivity index (χ1) is 7.16. The third-order valence-electron chi connectivity index (χ3n) is 3.52. The molecule has 0 radical (unpaired) electrons. The van der Waals surface area contributed by atoms with Crippen molar-refractivity contribution in [3.8, 4) is 0 Å². The third-order valence-corrected chi connectivity index (χ3v) is 3.52. The molecule has 3 unspecified atom stereocenters. The first kappa shape index (κ1) is 10.3. The van der Waals surface area contributed by atoms with Crippen molar-refractivity contribution in [2.24, 2.45) is 11.8 Å². The van der Waals surface area contributed by atoms with Crippen molar-refractivity contribution in [1.29, 1.82) is 0 Å². The van der Waals surface area contributed by atoms with E-state index in [1.807, 2.05) is 0 Å². The van der Waals surface area contributed by atoms with Crippen molar-refractivity contribution in [1.82, 2.24) is 15.2 Å². The molecule has 0 spiro atoms. The summed E-state index contributed by atoms with van der Waals surface area (Å²) >= 11 is 0. The van der Waals surface area contributed by atoms with Crippen LogP contribution in [0.5, 0.6) is 0 Å². The highest BCUT2D eigenvalue weighted by atomic mass is 15.3. The summed E-state index contributed by atoms with van der Waals surface area (Å²) in [6, 6.07) is 0.476. The van der Waals surface area contributed by atoms with Gasteiger partial charge in [0.2, 0.25) is 11.9 Å². The molecule has 2 rings (SSSR count). The maximum atomic E-state index is 5.48. The van der Waals surface area contributed by atoms with Crippen LogP contribution in [0, 0.1) is 11.8 Å². The Morgan fingerprint density at radius 2 is 2.20 bits per heavy atom. The van der Waals surface area contributed by atoms with Crippen LogP contribution in [-0.4, -0.2) is 21.2 Å². The second-order valence-electron chi connectivity index (χ2n) is 4.56. The molecular formula is C10H19N5. The van der Waals surface area contributed by atoms with Gasteiger partial charge < -0.3 is 11.1 Å². The molecule has 0 saturated heterocycles. The van der Waals surface area contributed by atoms with Crippen LogP contribution >= 0.6 is 0 Å². The lowest BCUT2D eigenvalue weighted by Crippen LogP contribution is -2.35. The van der Waals surface area contributed by atoms with Gasteiger partial charge in [0.25, 0.3) is 0 Å². The monoisotopic (exact) mass is 209 g/mol. The number of hydrogen-bond acceptors (Lipinski definition) is 4. The molecule has 1 saturated carbocycles. The van der Waals surface area contributed by atoms with E-state index in [1.165, 1.54) is 19.3 Å². The van der Waals surface area contributed by atoms with E-state index in [2.05, 4.69) is 34.3 Å². The summed E-state index contributed by atoms with van der Waals surface area (Å²) in [5.41, 5.74) is 5.48. The van der Waals surface area contributed by atoms with Gasteiger partial charge in [0, 0.05) is 6.04 Å². The number of rotatable bonds is 2. The normalized spacial score (nSPS) is 31.5. The van der Waals surface area contributed by atoms with Crippen molar-refractivity contribution >= 4 is 11.9 Å². The van der Waals surface area contributed by atoms with Crippen molar-refractivity contribution in [3.05, 3.63) is 0 Å². The van der Waals surface area contributed by atoms with Crippen LogP contribution < -0.4 is 11.1 Å². The van der Waals surface area contributed by atoms with Crippen LogP contribution in [0.1, 0.15) is 33.1 Å². The number of nitrogens with zero attached hydrogens (tertiary/aromatic N) is 2. The smallest absolute Gasteiger partial charge is 0.243 e. The number of nitrogen functional groups attached to an aromatic ring is 1. The Hall–Kier alpha value is -1.26. The second-order valence-corrected chi connectivity index (χ2v) is 4.56. The van der Waals surface area contributed by atoms with Gasteiger partial charge in [0.05, 0.1) is 0 Å². The minimum absolute atomic E-state index is 0.369. The maximum Gasteiger partial charge on any atom is 0.243 e. The van der Waals surface area contributed by atoms with E-state index < -0.39 is 0 Å². The lowest BCUT2D eigenvalue weighted by molar-refractivity contribution is 0.252. The largest absolute Gasteiger partial charge is 0.368 e. The molecule has 5 nitrogen and oxygen atoms in total. The molecule has 0 amide bonds. The van der Waals surface area contributed by atoms with Gasteiger partial charge in [-0.25, -0.2) is 5.10 Å². The highest BCUT2D eigenvalue weighted by Crippen LogP contribution is 2.30. The summed E-state index contributed by atoms with van der Waals surface area (Å²) in [7, 11) is 0. The molecule has 1 aliphatic rings. The maximum absolute atomic E-state index is 5.48. The topological polar surface area (TPSA) is 79.6 Å². The molecule has 1 heterocycles. The number of nitrogens with one attached hydrogen (secondary N) is 2. The SMILES string of the molecule is CC1CCCC(Nc2n[nH]c(N)n2)C1C. The summed E-state index contributed by atoms with van der Waals surface area (Å²) in [5, 5.41) is 9.98. The lowest BCUT2D eigenvalue weighted by atomic mass is 9.78. The van der Waals surface area contributed by atoms with E-state index in [-0.39, 0.29) is 0 Å². The number of aromatic amines is 1. The van der Waals surface area contributed by atoms with Crippen LogP contribution in [0.4, 0.5) is 11.9 Å². The van der Waals surface area contributed by atoms with Gasteiger partial charge >= 0.3 is 0 Å². The molecule has 1 aromatic heterocycles. The van der Waals surface area contributed by atoms with Gasteiger partial charge in [-0.2, -0.15) is 4.98 Å². The summed E-state index contributed by atoms with van der Waals surface area (Å²) in [5.74, 6) is 2.43. The van der Waals surface area contributed by atoms with Crippen molar-refractivity contribution in [2.45, 2.75) is 39.2 Å². The Labute approximate surface area is 89.9 Å². The van der Waals surface area contributed by atoms with Crippen molar-refractivity contribution in [2.75, 3.05) is 11.1 Å². The zero-order valence-corrected chi connectivity index (χ0v) is 9.33. The number of hydrogen-bond donors (Lipinski definition) is 3. The van der Waals surface area contributed by atoms with E-state index in [0.717, 1.165) is 5.92 Å². The molecule has 0 bridgehead atoms. The Morgan fingerprint density at radius 1 is 1.40 bits per heavy atom. The molecule has 1 aromatic rings. The Balaban J connectivity index is 1.99. The first-order valence-corrected chi connectivity index (χ1v) is 5.61. The van der Waals surface area contributed by atoms with E-state index >= 15 is 0 Å².